The quantitative estimate of drug-likeness (QED) is 0.163. The van der Waals surface area contributed by atoms with Crippen molar-refractivity contribution in [2.45, 2.75) is 64.5 Å². The van der Waals surface area contributed by atoms with Crippen molar-refractivity contribution in [3.63, 3.8) is 0 Å². The van der Waals surface area contributed by atoms with Gasteiger partial charge in [-0.25, -0.2) is 20.0 Å². The molecule has 0 spiro atoms. The van der Waals surface area contributed by atoms with Gasteiger partial charge in [-0.1, -0.05) is 61.9 Å². The van der Waals surface area contributed by atoms with E-state index in [1.54, 1.807) is 13.3 Å². The fourth-order valence-corrected chi connectivity index (χ4v) is 5.82. The summed E-state index contributed by atoms with van der Waals surface area (Å²) in [6.45, 7) is 4.34. The first-order valence-corrected chi connectivity index (χ1v) is 14.9. The number of para-hydroxylation sites is 1. The van der Waals surface area contributed by atoms with E-state index in [0.717, 1.165) is 42.6 Å². The molecule has 5 rings (SSSR count). The van der Waals surface area contributed by atoms with Gasteiger partial charge in [-0.05, 0) is 43.4 Å². The summed E-state index contributed by atoms with van der Waals surface area (Å²) >= 11 is 0. The highest BCUT2D eigenvalue weighted by molar-refractivity contribution is 7.45. The number of rotatable bonds is 13. The van der Waals surface area contributed by atoms with E-state index in [1.807, 2.05) is 59.2 Å². The fourth-order valence-electron chi connectivity index (χ4n) is 4.56. The predicted molar refractivity (Wildman–Crippen MR) is 156 cm³/mol. The molecule has 0 aliphatic carbocycles. The Balaban J connectivity index is 1.22. The van der Waals surface area contributed by atoms with Gasteiger partial charge >= 0.3 is 14.5 Å². The highest BCUT2D eigenvalue weighted by atomic mass is 31.2. The standard InChI is InChI=1S/C29H35N6O5P/c1-3-9-22-12-7-8-13-24(22)40-41(34-20(2)29(36)37-16-21-10-5-4-6-11-21)38-17-23-14-15-25(39-23)35-19-33-26-27(30)31-18-32-28(26)35/h4-8,10-13,18-20,23,25,34H,3,9,14-17H2,1-2H3,(H2,30,31,32). The summed E-state index contributed by atoms with van der Waals surface area (Å²) in [5.74, 6) is 0.672. The molecule has 12 heteroatoms. The van der Waals surface area contributed by atoms with E-state index < -0.39 is 14.6 Å². The number of anilines is 1. The number of nitrogens with one attached hydrogen (secondary N) is 1. The molecule has 11 nitrogen and oxygen atoms in total. The smallest absolute Gasteiger partial charge is 0.323 e. The van der Waals surface area contributed by atoms with E-state index in [1.165, 1.54) is 6.33 Å². The molecule has 0 bridgehead atoms. The van der Waals surface area contributed by atoms with Crippen molar-refractivity contribution in [1.29, 1.82) is 0 Å². The Bertz CT molecular complexity index is 1440. The van der Waals surface area contributed by atoms with Gasteiger partial charge in [0, 0.05) is 0 Å². The maximum Gasteiger partial charge on any atom is 0.323 e. The van der Waals surface area contributed by atoms with Gasteiger partial charge in [0.15, 0.2) is 11.5 Å². The lowest BCUT2D eigenvalue weighted by atomic mass is 10.1. The lowest BCUT2D eigenvalue weighted by molar-refractivity contribution is -0.146. The largest absolute Gasteiger partial charge is 0.460 e. The van der Waals surface area contributed by atoms with Gasteiger partial charge in [-0.2, -0.15) is 0 Å². The molecule has 0 amide bonds. The molecule has 0 radical (unpaired) electrons. The number of ether oxygens (including phenoxy) is 2. The zero-order valence-electron chi connectivity index (χ0n) is 23.2. The normalized spacial score (nSPS) is 18.3. The van der Waals surface area contributed by atoms with E-state index in [-0.39, 0.29) is 31.5 Å². The number of benzene rings is 2. The van der Waals surface area contributed by atoms with Crippen molar-refractivity contribution in [2.24, 2.45) is 0 Å². The molecule has 41 heavy (non-hydrogen) atoms. The van der Waals surface area contributed by atoms with E-state index >= 15 is 0 Å². The van der Waals surface area contributed by atoms with Crippen LogP contribution in [0.5, 0.6) is 5.75 Å². The monoisotopic (exact) mass is 578 g/mol. The van der Waals surface area contributed by atoms with Crippen LogP contribution in [-0.2, 0) is 31.8 Å². The van der Waals surface area contributed by atoms with Gasteiger partial charge in [-0.3, -0.25) is 9.36 Å². The number of aryl methyl sites for hydroxylation is 1. The number of esters is 1. The summed E-state index contributed by atoms with van der Waals surface area (Å²) in [6, 6.07) is 16.8. The van der Waals surface area contributed by atoms with Crippen LogP contribution in [0.3, 0.4) is 0 Å². The minimum Gasteiger partial charge on any atom is -0.460 e. The molecule has 4 atom stereocenters. The molecular formula is C29H35N6O5P. The van der Waals surface area contributed by atoms with Crippen LogP contribution in [0.1, 0.15) is 50.5 Å². The zero-order chi connectivity index (χ0) is 28.6. The van der Waals surface area contributed by atoms with Crippen LogP contribution in [0.15, 0.2) is 67.3 Å². The predicted octanol–water partition coefficient (Wildman–Crippen LogP) is 5.08. The lowest BCUT2D eigenvalue weighted by Crippen LogP contribution is -2.34. The summed E-state index contributed by atoms with van der Waals surface area (Å²) in [4.78, 5) is 25.5. The Kier molecular flexibility index (Phi) is 9.74. The van der Waals surface area contributed by atoms with Crippen LogP contribution in [-0.4, -0.2) is 44.2 Å². The molecular weight excluding hydrogens is 543 g/mol. The minimum absolute atomic E-state index is 0.182. The molecule has 1 aliphatic rings. The van der Waals surface area contributed by atoms with Crippen LogP contribution in [0, 0.1) is 0 Å². The Morgan fingerprint density at radius 2 is 1.95 bits per heavy atom. The van der Waals surface area contributed by atoms with Crippen molar-refractivity contribution in [1.82, 2.24) is 24.6 Å². The number of nitrogen functional groups attached to an aromatic ring is 1. The average Bonchev–Trinajstić information content (AvgIpc) is 3.64. The molecule has 1 aliphatic heterocycles. The first-order valence-electron chi connectivity index (χ1n) is 13.8. The first kappa shape index (κ1) is 28.9. The zero-order valence-corrected chi connectivity index (χ0v) is 24.1. The van der Waals surface area contributed by atoms with Gasteiger partial charge in [-0.15, -0.1) is 0 Å². The molecule has 3 heterocycles. The van der Waals surface area contributed by atoms with Crippen LogP contribution in [0.25, 0.3) is 11.2 Å². The van der Waals surface area contributed by atoms with E-state index in [4.69, 9.17) is 24.3 Å². The van der Waals surface area contributed by atoms with Crippen LogP contribution < -0.4 is 15.3 Å². The molecule has 2 aromatic heterocycles. The van der Waals surface area contributed by atoms with Gasteiger partial charge in [0.25, 0.3) is 0 Å². The Morgan fingerprint density at radius 1 is 1.15 bits per heavy atom. The Morgan fingerprint density at radius 3 is 2.78 bits per heavy atom. The van der Waals surface area contributed by atoms with Crippen molar-refractivity contribution in [3.05, 3.63) is 78.4 Å². The first-order chi connectivity index (χ1) is 20.0. The molecule has 1 saturated heterocycles. The van der Waals surface area contributed by atoms with E-state index in [2.05, 4.69) is 27.0 Å². The number of hydrogen-bond donors (Lipinski definition) is 2. The summed E-state index contributed by atoms with van der Waals surface area (Å²) in [6.07, 6.45) is 6.05. The topological polar surface area (TPSA) is 136 Å². The molecule has 1 fully saturated rings. The Labute approximate surface area is 240 Å². The average molecular weight is 579 g/mol. The number of carbonyl (C=O) groups is 1. The number of aromatic nitrogens is 4. The molecule has 4 unspecified atom stereocenters. The molecule has 2 aromatic carbocycles. The summed E-state index contributed by atoms with van der Waals surface area (Å²) in [5.41, 5.74) is 9.12. The van der Waals surface area contributed by atoms with Gasteiger partial charge in [0.05, 0.1) is 19.0 Å². The summed E-state index contributed by atoms with van der Waals surface area (Å²) < 4.78 is 26.3. The number of carbonyl (C=O) groups excluding carboxylic acids is 1. The molecule has 216 valence electrons. The third-order valence-electron chi connectivity index (χ3n) is 6.71. The Hall–Kier alpha value is -3.63. The highest BCUT2D eigenvalue weighted by Crippen LogP contribution is 2.40. The third-order valence-corrected chi connectivity index (χ3v) is 8.05. The second kappa shape index (κ2) is 13.8. The number of fused-ring (bicyclic) bond motifs is 1. The van der Waals surface area contributed by atoms with E-state index in [9.17, 15) is 4.79 Å². The number of nitrogens with two attached hydrogens (primary N) is 1. The summed E-state index contributed by atoms with van der Waals surface area (Å²) in [7, 11) is -1.70. The second-order valence-electron chi connectivity index (χ2n) is 9.82. The van der Waals surface area contributed by atoms with Crippen LogP contribution in [0.2, 0.25) is 0 Å². The number of nitrogens with zero attached hydrogens (tertiary/aromatic N) is 4. The van der Waals surface area contributed by atoms with Crippen LogP contribution in [0.4, 0.5) is 5.82 Å². The van der Waals surface area contributed by atoms with Crippen molar-refractivity contribution in [2.75, 3.05) is 12.3 Å². The van der Waals surface area contributed by atoms with E-state index in [0.29, 0.717) is 17.0 Å². The van der Waals surface area contributed by atoms with Crippen molar-refractivity contribution >= 4 is 31.5 Å². The molecule has 4 aromatic rings. The van der Waals surface area contributed by atoms with Gasteiger partial charge < -0.3 is 24.3 Å². The minimum atomic E-state index is -1.70. The van der Waals surface area contributed by atoms with Crippen molar-refractivity contribution in [3.8, 4) is 5.75 Å². The number of imidazole rings is 1. The van der Waals surface area contributed by atoms with Crippen molar-refractivity contribution < 1.29 is 23.3 Å². The lowest BCUT2D eigenvalue weighted by Gasteiger charge is -2.24. The maximum absolute atomic E-state index is 12.8. The third kappa shape index (κ3) is 7.37. The van der Waals surface area contributed by atoms with Crippen LogP contribution >= 0.6 is 8.53 Å². The van der Waals surface area contributed by atoms with Gasteiger partial charge in [0.2, 0.25) is 0 Å². The molecule has 0 saturated carbocycles. The number of hydrogen-bond acceptors (Lipinski definition) is 10. The fraction of sp³-hybridized carbons (Fsp3) is 0.379. The second-order valence-corrected chi connectivity index (χ2v) is 11.0. The maximum atomic E-state index is 12.8. The summed E-state index contributed by atoms with van der Waals surface area (Å²) in [5, 5.41) is 3.21. The van der Waals surface area contributed by atoms with Gasteiger partial charge in [0.1, 0.15) is 36.5 Å². The molecule has 3 N–H and O–H groups in total. The SMILES string of the molecule is CCCc1ccccc1OP(NC(C)C(=O)OCc1ccccc1)OCC1CCC(n2cnc3c(N)ncnc32)O1. The highest BCUT2D eigenvalue weighted by Gasteiger charge is 2.31.